The van der Waals surface area contributed by atoms with Crippen molar-refractivity contribution in [2.75, 3.05) is 18.9 Å². The summed E-state index contributed by atoms with van der Waals surface area (Å²) in [5.41, 5.74) is 2.01. The van der Waals surface area contributed by atoms with Crippen molar-refractivity contribution >= 4 is 23.4 Å². The Labute approximate surface area is 139 Å². The fraction of sp³-hybridized carbons (Fsp3) is 0.250. The summed E-state index contributed by atoms with van der Waals surface area (Å²) in [6.07, 6.45) is 0. The summed E-state index contributed by atoms with van der Waals surface area (Å²) in [5, 5.41) is 11.7. The van der Waals surface area contributed by atoms with E-state index >= 15 is 0 Å². The highest BCUT2D eigenvalue weighted by Crippen LogP contribution is 2.10. The van der Waals surface area contributed by atoms with E-state index in [-0.39, 0.29) is 18.1 Å². The van der Waals surface area contributed by atoms with E-state index < -0.39 is 11.8 Å². The van der Waals surface area contributed by atoms with Gasteiger partial charge in [-0.3, -0.25) is 19.1 Å². The molecule has 3 amide bonds. The molecule has 8 heteroatoms. The first-order valence-corrected chi connectivity index (χ1v) is 7.31. The van der Waals surface area contributed by atoms with Crippen LogP contribution in [0.15, 0.2) is 30.3 Å². The number of nitrogens with zero attached hydrogens (tertiary/aromatic N) is 2. The zero-order chi connectivity index (χ0) is 17.7. The summed E-state index contributed by atoms with van der Waals surface area (Å²) in [7, 11) is 3.26. The molecule has 0 aliphatic rings. The van der Waals surface area contributed by atoms with Gasteiger partial charge in [0.25, 0.3) is 11.8 Å². The Morgan fingerprint density at radius 3 is 2.54 bits per heavy atom. The Balaban J connectivity index is 1.91. The van der Waals surface area contributed by atoms with Gasteiger partial charge in [-0.1, -0.05) is 6.07 Å². The van der Waals surface area contributed by atoms with Gasteiger partial charge in [0.2, 0.25) is 5.91 Å². The van der Waals surface area contributed by atoms with E-state index in [9.17, 15) is 14.4 Å². The number of hydrogen-bond donors (Lipinski definition) is 3. The molecule has 0 atom stereocenters. The van der Waals surface area contributed by atoms with Gasteiger partial charge >= 0.3 is 0 Å². The topological polar surface area (TPSA) is 105 Å². The first-order chi connectivity index (χ1) is 11.4. The van der Waals surface area contributed by atoms with Gasteiger partial charge in [-0.25, -0.2) is 0 Å². The molecule has 2 rings (SSSR count). The lowest BCUT2D eigenvalue weighted by molar-refractivity contribution is -0.115. The molecule has 8 nitrogen and oxygen atoms in total. The summed E-state index contributed by atoms with van der Waals surface area (Å²) in [5.74, 6) is -1.07. The maximum atomic E-state index is 11.9. The summed E-state index contributed by atoms with van der Waals surface area (Å²) >= 11 is 0. The van der Waals surface area contributed by atoms with E-state index in [0.29, 0.717) is 11.3 Å². The minimum atomic E-state index is -0.423. The molecule has 126 valence electrons. The third-order valence-corrected chi connectivity index (χ3v) is 3.39. The largest absolute Gasteiger partial charge is 0.355 e. The maximum Gasteiger partial charge on any atom is 0.272 e. The molecule has 0 bridgehead atoms. The van der Waals surface area contributed by atoms with Crippen LogP contribution in [-0.2, 0) is 11.8 Å². The Bertz CT molecular complexity index is 762. The molecule has 3 N–H and O–H groups in total. The van der Waals surface area contributed by atoms with E-state index in [0.717, 1.165) is 5.69 Å². The zero-order valence-corrected chi connectivity index (χ0v) is 13.7. The van der Waals surface area contributed by atoms with E-state index in [1.54, 1.807) is 42.1 Å². The predicted octanol–water partition coefficient (Wildman–Crippen LogP) is 0.457. The van der Waals surface area contributed by atoms with Crippen molar-refractivity contribution in [3.63, 3.8) is 0 Å². The number of benzene rings is 1. The zero-order valence-electron chi connectivity index (χ0n) is 13.7. The number of hydrogen-bond acceptors (Lipinski definition) is 4. The van der Waals surface area contributed by atoms with Crippen molar-refractivity contribution < 1.29 is 14.4 Å². The number of amides is 3. The molecule has 1 aromatic carbocycles. The van der Waals surface area contributed by atoms with Crippen LogP contribution in [0.2, 0.25) is 0 Å². The molecule has 0 fully saturated rings. The van der Waals surface area contributed by atoms with E-state index in [1.807, 2.05) is 6.92 Å². The number of aromatic nitrogens is 2. The standard InChI is InChI=1S/C16H19N5O3/c1-10-7-13(20-21(10)3)16(24)18-9-14(22)19-12-6-4-5-11(8-12)15(23)17-2/h4-8H,9H2,1-3H3,(H,17,23)(H,18,24)(H,19,22). The predicted molar refractivity (Wildman–Crippen MR) is 88.7 cm³/mol. The Hall–Kier alpha value is -3.16. The normalized spacial score (nSPS) is 10.1. The molecule has 24 heavy (non-hydrogen) atoms. The van der Waals surface area contributed by atoms with Gasteiger partial charge in [0.05, 0.1) is 6.54 Å². The molecule has 0 saturated carbocycles. The molecular formula is C16H19N5O3. The fourth-order valence-electron chi connectivity index (χ4n) is 2.01. The number of rotatable bonds is 5. The molecule has 0 aliphatic carbocycles. The molecular weight excluding hydrogens is 310 g/mol. The fourth-order valence-corrected chi connectivity index (χ4v) is 2.01. The van der Waals surface area contributed by atoms with Crippen LogP contribution in [0, 0.1) is 6.92 Å². The highest BCUT2D eigenvalue weighted by Gasteiger charge is 2.12. The van der Waals surface area contributed by atoms with Gasteiger partial charge in [0.1, 0.15) is 5.69 Å². The minimum Gasteiger partial charge on any atom is -0.355 e. The van der Waals surface area contributed by atoms with Crippen LogP contribution >= 0.6 is 0 Å². The minimum absolute atomic E-state index is 0.196. The lowest BCUT2D eigenvalue weighted by atomic mass is 10.2. The number of carbonyl (C=O) groups excluding carboxylic acids is 3. The highest BCUT2D eigenvalue weighted by molar-refractivity contribution is 5.99. The molecule has 2 aromatic rings. The molecule has 1 aromatic heterocycles. The first-order valence-electron chi connectivity index (χ1n) is 7.31. The summed E-state index contributed by atoms with van der Waals surface area (Å²) < 4.78 is 1.58. The smallest absolute Gasteiger partial charge is 0.272 e. The summed E-state index contributed by atoms with van der Waals surface area (Å²) in [6, 6.07) is 8.16. The average molecular weight is 329 g/mol. The Morgan fingerprint density at radius 2 is 1.92 bits per heavy atom. The van der Waals surface area contributed by atoms with Gasteiger partial charge in [-0.05, 0) is 31.2 Å². The van der Waals surface area contributed by atoms with Crippen molar-refractivity contribution in [2.45, 2.75) is 6.92 Å². The van der Waals surface area contributed by atoms with Gasteiger partial charge < -0.3 is 16.0 Å². The van der Waals surface area contributed by atoms with Crippen LogP contribution in [0.5, 0.6) is 0 Å². The molecule has 1 heterocycles. The Morgan fingerprint density at radius 1 is 1.17 bits per heavy atom. The second-order valence-corrected chi connectivity index (χ2v) is 5.19. The molecule has 0 aliphatic heterocycles. The van der Waals surface area contributed by atoms with Crippen LogP contribution < -0.4 is 16.0 Å². The third kappa shape index (κ3) is 4.19. The Kier molecular flexibility index (Phi) is 5.31. The van der Waals surface area contributed by atoms with Gasteiger partial charge in [-0.2, -0.15) is 5.10 Å². The van der Waals surface area contributed by atoms with E-state index in [1.165, 1.54) is 7.05 Å². The second-order valence-electron chi connectivity index (χ2n) is 5.19. The molecule has 0 radical (unpaired) electrons. The monoisotopic (exact) mass is 329 g/mol. The van der Waals surface area contributed by atoms with Crippen molar-refractivity contribution in [3.8, 4) is 0 Å². The van der Waals surface area contributed by atoms with Crippen molar-refractivity contribution in [2.24, 2.45) is 7.05 Å². The third-order valence-electron chi connectivity index (χ3n) is 3.39. The van der Waals surface area contributed by atoms with Gasteiger partial charge in [-0.15, -0.1) is 0 Å². The SMILES string of the molecule is CNC(=O)c1cccc(NC(=O)CNC(=O)c2cc(C)n(C)n2)c1. The quantitative estimate of drug-likeness (QED) is 0.741. The molecule has 0 spiro atoms. The van der Waals surface area contributed by atoms with Crippen molar-refractivity contribution in [1.29, 1.82) is 0 Å². The van der Waals surface area contributed by atoms with Crippen LogP contribution in [-0.4, -0.2) is 41.1 Å². The summed E-state index contributed by atoms with van der Waals surface area (Å²) in [6.45, 7) is 1.63. The summed E-state index contributed by atoms with van der Waals surface area (Å²) in [4.78, 5) is 35.4. The number of aryl methyl sites for hydroxylation is 2. The van der Waals surface area contributed by atoms with Crippen LogP contribution in [0.4, 0.5) is 5.69 Å². The number of anilines is 1. The van der Waals surface area contributed by atoms with Crippen LogP contribution in [0.1, 0.15) is 26.5 Å². The van der Waals surface area contributed by atoms with Crippen LogP contribution in [0.3, 0.4) is 0 Å². The van der Waals surface area contributed by atoms with Crippen molar-refractivity contribution in [3.05, 3.63) is 47.3 Å². The van der Waals surface area contributed by atoms with E-state index in [2.05, 4.69) is 21.0 Å². The average Bonchev–Trinajstić information content (AvgIpc) is 2.91. The first kappa shape index (κ1) is 17.2. The lowest BCUT2D eigenvalue weighted by Crippen LogP contribution is -2.33. The second kappa shape index (κ2) is 7.40. The van der Waals surface area contributed by atoms with Crippen molar-refractivity contribution in [1.82, 2.24) is 20.4 Å². The van der Waals surface area contributed by atoms with Gasteiger partial charge in [0.15, 0.2) is 0 Å². The lowest BCUT2D eigenvalue weighted by Gasteiger charge is -2.07. The van der Waals surface area contributed by atoms with Gasteiger partial charge in [0, 0.05) is 31.0 Å². The number of nitrogens with one attached hydrogen (secondary N) is 3. The maximum absolute atomic E-state index is 11.9. The van der Waals surface area contributed by atoms with E-state index in [4.69, 9.17) is 0 Å². The molecule has 0 saturated heterocycles. The molecule has 0 unspecified atom stereocenters. The number of carbonyl (C=O) groups is 3. The van der Waals surface area contributed by atoms with Crippen LogP contribution in [0.25, 0.3) is 0 Å². The highest BCUT2D eigenvalue weighted by atomic mass is 16.2.